The quantitative estimate of drug-likeness (QED) is 0.735. The van der Waals surface area contributed by atoms with Gasteiger partial charge in [0.25, 0.3) is 5.91 Å². The Morgan fingerprint density at radius 1 is 1.16 bits per heavy atom. The first-order valence-corrected chi connectivity index (χ1v) is 6.05. The number of para-hydroxylation sites is 2. The Hall–Kier alpha value is -2.62. The number of amides is 1. The van der Waals surface area contributed by atoms with E-state index < -0.39 is 0 Å². The third-order valence-corrected chi connectivity index (χ3v) is 3.11. The van der Waals surface area contributed by atoms with Crippen LogP contribution < -0.4 is 5.32 Å². The van der Waals surface area contributed by atoms with Crippen LogP contribution in [0.5, 0.6) is 0 Å². The molecule has 0 atom stereocenters. The minimum Gasteiger partial charge on any atom is -0.322 e. The highest BCUT2D eigenvalue weighted by molar-refractivity contribution is 6.11. The van der Waals surface area contributed by atoms with Gasteiger partial charge in [-0.15, -0.1) is 0 Å². The summed E-state index contributed by atoms with van der Waals surface area (Å²) < 4.78 is 0. The number of hydrogen-bond donors (Lipinski definition) is 2. The summed E-state index contributed by atoms with van der Waals surface area (Å²) in [4.78, 5) is 12.3. The van der Waals surface area contributed by atoms with E-state index in [0.717, 1.165) is 22.2 Å². The van der Waals surface area contributed by atoms with Gasteiger partial charge in [-0.3, -0.25) is 9.89 Å². The summed E-state index contributed by atoms with van der Waals surface area (Å²) in [5, 5.41) is 10.7. The standard InChI is InChI=1S/C15H13N3O/c1-10-5-2-3-8-13(10)17-15(19)12-7-4-6-11-9-16-18-14(11)12/h2-9H,1H3,(H,16,18)(H,17,19). The average Bonchev–Trinajstić information content (AvgIpc) is 2.89. The fourth-order valence-corrected chi connectivity index (χ4v) is 2.06. The minimum absolute atomic E-state index is 0.135. The molecule has 0 fully saturated rings. The van der Waals surface area contributed by atoms with Crippen molar-refractivity contribution in [1.29, 1.82) is 0 Å². The van der Waals surface area contributed by atoms with Gasteiger partial charge < -0.3 is 5.32 Å². The number of nitrogens with one attached hydrogen (secondary N) is 2. The van der Waals surface area contributed by atoms with Gasteiger partial charge >= 0.3 is 0 Å². The van der Waals surface area contributed by atoms with Crippen molar-refractivity contribution >= 4 is 22.5 Å². The van der Waals surface area contributed by atoms with Gasteiger partial charge in [0, 0.05) is 11.1 Å². The zero-order valence-electron chi connectivity index (χ0n) is 10.5. The molecule has 3 rings (SSSR count). The number of hydrogen-bond acceptors (Lipinski definition) is 2. The lowest BCUT2D eigenvalue weighted by Crippen LogP contribution is -2.13. The molecule has 0 spiro atoms. The number of benzene rings is 2. The fourth-order valence-electron chi connectivity index (χ4n) is 2.06. The third kappa shape index (κ3) is 2.08. The lowest BCUT2D eigenvalue weighted by Gasteiger charge is -2.08. The number of carbonyl (C=O) groups excluding carboxylic acids is 1. The highest BCUT2D eigenvalue weighted by Gasteiger charge is 2.11. The Morgan fingerprint density at radius 2 is 2.00 bits per heavy atom. The van der Waals surface area contributed by atoms with Crippen LogP contribution in [0.1, 0.15) is 15.9 Å². The molecule has 2 aromatic carbocycles. The SMILES string of the molecule is Cc1ccccc1NC(=O)c1cccc2cn[nH]c12. The number of rotatable bonds is 2. The monoisotopic (exact) mass is 251 g/mol. The lowest BCUT2D eigenvalue weighted by atomic mass is 10.1. The van der Waals surface area contributed by atoms with Crippen molar-refractivity contribution in [3.8, 4) is 0 Å². The van der Waals surface area contributed by atoms with E-state index in [4.69, 9.17) is 0 Å². The molecule has 0 radical (unpaired) electrons. The van der Waals surface area contributed by atoms with Crippen molar-refractivity contribution in [2.45, 2.75) is 6.92 Å². The van der Waals surface area contributed by atoms with Gasteiger partial charge in [0.15, 0.2) is 0 Å². The van der Waals surface area contributed by atoms with Crippen molar-refractivity contribution in [1.82, 2.24) is 10.2 Å². The summed E-state index contributed by atoms with van der Waals surface area (Å²) in [5.41, 5.74) is 3.21. The molecule has 4 nitrogen and oxygen atoms in total. The first-order valence-electron chi connectivity index (χ1n) is 6.05. The van der Waals surface area contributed by atoms with E-state index in [1.165, 1.54) is 0 Å². The molecule has 2 N–H and O–H groups in total. The molecular weight excluding hydrogens is 238 g/mol. The van der Waals surface area contributed by atoms with E-state index >= 15 is 0 Å². The predicted octanol–water partition coefficient (Wildman–Crippen LogP) is 3.12. The predicted molar refractivity (Wildman–Crippen MR) is 75.2 cm³/mol. The van der Waals surface area contributed by atoms with E-state index in [-0.39, 0.29) is 5.91 Å². The van der Waals surface area contributed by atoms with Gasteiger partial charge in [-0.2, -0.15) is 5.10 Å². The Labute approximate surface area is 110 Å². The molecular formula is C15H13N3O. The van der Waals surface area contributed by atoms with Crippen LogP contribution >= 0.6 is 0 Å². The fraction of sp³-hybridized carbons (Fsp3) is 0.0667. The molecule has 1 aromatic heterocycles. The number of aryl methyl sites for hydroxylation is 1. The summed E-state index contributed by atoms with van der Waals surface area (Å²) in [6.07, 6.45) is 1.71. The summed E-state index contributed by atoms with van der Waals surface area (Å²) in [5.74, 6) is -0.135. The number of aromatic nitrogens is 2. The second-order valence-corrected chi connectivity index (χ2v) is 4.41. The van der Waals surface area contributed by atoms with E-state index in [0.29, 0.717) is 5.56 Å². The Bertz CT molecular complexity index is 746. The molecule has 0 aliphatic heterocycles. The molecule has 0 aliphatic carbocycles. The van der Waals surface area contributed by atoms with Crippen molar-refractivity contribution < 1.29 is 4.79 Å². The second kappa shape index (κ2) is 4.57. The van der Waals surface area contributed by atoms with Gasteiger partial charge in [-0.25, -0.2) is 0 Å². The second-order valence-electron chi connectivity index (χ2n) is 4.41. The molecule has 1 heterocycles. The van der Waals surface area contributed by atoms with Gasteiger partial charge in [0.2, 0.25) is 0 Å². The normalized spacial score (nSPS) is 10.6. The average molecular weight is 251 g/mol. The first kappa shape index (κ1) is 11.5. The van der Waals surface area contributed by atoms with Crippen LogP contribution in [0, 0.1) is 6.92 Å². The van der Waals surface area contributed by atoms with Crippen LogP contribution in [-0.2, 0) is 0 Å². The van der Waals surface area contributed by atoms with Crippen LogP contribution in [0.25, 0.3) is 10.9 Å². The van der Waals surface area contributed by atoms with Crippen LogP contribution in [-0.4, -0.2) is 16.1 Å². The summed E-state index contributed by atoms with van der Waals surface area (Å²) in [6, 6.07) is 13.3. The van der Waals surface area contributed by atoms with E-state index in [2.05, 4.69) is 15.5 Å². The third-order valence-electron chi connectivity index (χ3n) is 3.11. The van der Waals surface area contributed by atoms with Crippen molar-refractivity contribution in [2.24, 2.45) is 0 Å². The minimum atomic E-state index is -0.135. The maximum absolute atomic E-state index is 12.3. The zero-order valence-corrected chi connectivity index (χ0v) is 10.5. The van der Waals surface area contributed by atoms with Gasteiger partial charge in [-0.1, -0.05) is 30.3 Å². The maximum Gasteiger partial charge on any atom is 0.257 e. The molecule has 0 aliphatic rings. The first-order chi connectivity index (χ1) is 9.25. The molecule has 1 amide bonds. The number of anilines is 1. The Kier molecular flexibility index (Phi) is 2.76. The Morgan fingerprint density at radius 3 is 2.84 bits per heavy atom. The maximum atomic E-state index is 12.3. The topological polar surface area (TPSA) is 57.8 Å². The number of aromatic amines is 1. The Balaban J connectivity index is 1.97. The summed E-state index contributed by atoms with van der Waals surface area (Å²) in [6.45, 7) is 1.96. The molecule has 0 saturated heterocycles. The largest absolute Gasteiger partial charge is 0.322 e. The summed E-state index contributed by atoms with van der Waals surface area (Å²) in [7, 11) is 0. The number of nitrogens with zero attached hydrogens (tertiary/aromatic N) is 1. The van der Waals surface area contributed by atoms with Gasteiger partial charge in [-0.05, 0) is 24.6 Å². The highest BCUT2D eigenvalue weighted by Crippen LogP contribution is 2.19. The lowest BCUT2D eigenvalue weighted by molar-refractivity contribution is 0.102. The zero-order chi connectivity index (χ0) is 13.2. The number of fused-ring (bicyclic) bond motifs is 1. The molecule has 0 saturated carbocycles. The molecule has 19 heavy (non-hydrogen) atoms. The number of H-pyrrole nitrogens is 1. The van der Waals surface area contributed by atoms with Gasteiger partial charge in [0.1, 0.15) is 0 Å². The van der Waals surface area contributed by atoms with Crippen molar-refractivity contribution in [2.75, 3.05) is 5.32 Å². The van der Waals surface area contributed by atoms with Gasteiger partial charge in [0.05, 0.1) is 17.3 Å². The molecule has 0 bridgehead atoms. The van der Waals surface area contributed by atoms with Crippen LogP contribution in [0.4, 0.5) is 5.69 Å². The van der Waals surface area contributed by atoms with Crippen LogP contribution in [0.2, 0.25) is 0 Å². The number of carbonyl (C=O) groups is 1. The molecule has 3 aromatic rings. The molecule has 4 heteroatoms. The van der Waals surface area contributed by atoms with Crippen LogP contribution in [0.15, 0.2) is 48.7 Å². The summed E-state index contributed by atoms with van der Waals surface area (Å²) >= 11 is 0. The molecule has 94 valence electrons. The van der Waals surface area contributed by atoms with E-state index in [9.17, 15) is 4.79 Å². The van der Waals surface area contributed by atoms with Crippen molar-refractivity contribution in [3.63, 3.8) is 0 Å². The highest BCUT2D eigenvalue weighted by atomic mass is 16.1. The van der Waals surface area contributed by atoms with E-state index in [1.807, 2.05) is 43.3 Å². The van der Waals surface area contributed by atoms with Crippen molar-refractivity contribution in [3.05, 3.63) is 59.8 Å². The van der Waals surface area contributed by atoms with Crippen LogP contribution in [0.3, 0.4) is 0 Å². The molecule has 0 unspecified atom stereocenters. The smallest absolute Gasteiger partial charge is 0.257 e. The van der Waals surface area contributed by atoms with E-state index in [1.54, 1.807) is 12.3 Å².